The van der Waals surface area contributed by atoms with Crippen molar-refractivity contribution in [2.45, 2.75) is 26.8 Å². The van der Waals surface area contributed by atoms with E-state index in [-0.39, 0.29) is 48.0 Å². The highest BCUT2D eigenvalue weighted by Crippen LogP contribution is 2.65. The first-order chi connectivity index (χ1) is 15.5. The predicted octanol–water partition coefficient (Wildman–Crippen LogP) is 2.90. The summed E-state index contributed by atoms with van der Waals surface area (Å²) in [5, 5.41) is 6.42. The summed E-state index contributed by atoms with van der Waals surface area (Å²) in [6, 6.07) is 7.73. The van der Waals surface area contributed by atoms with Crippen molar-refractivity contribution in [2.24, 2.45) is 40.6 Å². The minimum absolute atomic E-state index is 0.0948. The summed E-state index contributed by atoms with van der Waals surface area (Å²) in [5.74, 6) is 0.317. The van der Waals surface area contributed by atoms with Crippen LogP contribution in [-0.2, 0) is 25.7 Å². The number of hydrogen-bond donors (Lipinski definition) is 0. The molecule has 2 saturated carbocycles. The molecule has 164 valence electrons. The van der Waals surface area contributed by atoms with Gasteiger partial charge in [-0.25, -0.2) is 0 Å². The van der Waals surface area contributed by atoms with Crippen LogP contribution in [0, 0.1) is 42.4 Å². The fraction of sp³-hybridized carbons (Fsp3) is 0.440. The minimum Gasteiger partial charge on any atom is -0.465 e. The number of benzene rings is 1. The summed E-state index contributed by atoms with van der Waals surface area (Å²) < 4.78 is 7.01. The molecule has 2 bridgehead atoms. The smallest absolute Gasteiger partial charge is 0.325 e. The number of rotatable bonds is 5. The number of carbonyl (C=O) groups excluding carboxylic acids is 3. The van der Waals surface area contributed by atoms with Crippen molar-refractivity contribution in [1.82, 2.24) is 9.58 Å². The average Bonchev–Trinajstić information content (AvgIpc) is 3.53. The van der Waals surface area contributed by atoms with E-state index in [1.54, 1.807) is 13.1 Å². The van der Waals surface area contributed by atoms with Gasteiger partial charge in [0.15, 0.2) is 0 Å². The Morgan fingerprint density at radius 1 is 1.12 bits per heavy atom. The molecule has 2 heterocycles. The summed E-state index contributed by atoms with van der Waals surface area (Å²) in [4.78, 5) is 38.5. The number of imide groups is 1. The quantitative estimate of drug-likeness (QED) is 0.316. The molecule has 1 saturated heterocycles. The van der Waals surface area contributed by atoms with Crippen LogP contribution in [0.4, 0.5) is 0 Å². The highest BCUT2D eigenvalue weighted by Gasteiger charge is 2.67. The highest BCUT2D eigenvalue weighted by atomic mass is 16.5. The number of para-hydroxylation sites is 1. The van der Waals surface area contributed by atoms with Crippen molar-refractivity contribution in [2.75, 3.05) is 6.61 Å². The monoisotopic (exact) mass is 431 g/mol. The lowest BCUT2D eigenvalue weighted by molar-refractivity contribution is -0.144. The number of fused-ring (bicyclic) bond motifs is 1. The predicted molar refractivity (Wildman–Crippen MR) is 117 cm³/mol. The van der Waals surface area contributed by atoms with Crippen LogP contribution >= 0.6 is 0 Å². The van der Waals surface area contributed by atoms with Crippen LogP contribution in [0.5, 0.6) is 0 Å². The number of ether oxygens (including phenoxy) is 1. The minimum atomic E-state index is -0.310. The zero-order chi connectivity index (χ0) is 22.1. The van der Waals surface area contributed by atoms with E-state index in [1.165, 1.54) is 0 Å². The van der Waals surface area contributed by atoms with Gasteiger partial charge in [-0.05, 0) is 50.0 Å². The number of allylic oxidation sites excluding steroid dienone is 2. The van der Waals surface area contributed by atoms with E-state index in [1.807, 2.05) is 35.8 Å². The Labute approximate surface area is 185 Å². The van der Waals surface area contributed by atoms with E-state index in [0.717, 1.165) is 33.6 Å². The van der Waals surface area contributed by atoms with Crippen LogP contribution < -0.4 is 0 Å². The van der Waals surface area contributed by atoms with Crippen LogP contribution in [0.1, 0.15) is 24.6 Å². The molecule has 2 amide bonds. The molecule has 7 rings (SSSR count). The normalized spacial score (nSPS) is 32.1. The van der Waals surface area contributed by atoms with Gasteiger partial charge in [0.05, 0.1) is 24.7 Å². The molecule has 4 aliphatic carbocycles. The highest BCUT2D eigenvalue weighted by molar-refractivity contribution is 6.08. The third-order valence-electron chi connectivity index (χ3n) is 7.81. The van der Waals surface area contributed by atoms with E-state index in [9.17, 15) is 14.4 Å². The summed E-state index contributed by atoms with van der Waals surface area (Å²) >= 11 is 0. The first-order valence-corrected chi connectivity index (χ1v) is 11.3. The van der Waals surface area contributed by atoms with E-state index in [4.69, 9.17) is 4.74 Å². The first-order valence-electron chi connectivity index (χ1n) is 11.3. The number of hydrogen-bond acceptors (Lipinski definition) is 5. The second-order valence-electron chi connectivity index (χ2n) is 9.29. The van der Waals surface area contributed by atoms with Crippen molar-refractivity contribution in [3.05, 3.63) is 47.7 Å². The zero-order valence-corrected chi connectivity index (χ0v) is 18.1. The van der Waals surface area contributed by atoms with Crippen LogP contribution in [0.15, 0.2) is 41.5 Å². The van der Waals surface area contributed by atoms with Gasteiger partial charge in [0.2, 0.25) is 0 Å². The Morgan fingerprint density at radius 2 is 1.78 bits per heavy atom. The van der Waals surface area contributed by atoms with Crippen molar-refractivity contribution in [1.29, 1.82) is 0 Å². The topological polar surface area (TPSA) is 81.0 Å². The Kier molecular flexibility index (Phi) is 4.19. The molecule has 0 spiro atoms. The molecule has 32 heavy (non-hydrogen) atoms. The number of aromatic nitrogens is 1. The van der Waals surface area contributed by atoms with Crippen molar-refractivity contribution in [3.63, 3.8) is 0 Å². The molecule has 0 unspecified atom stereocenters. The Morgan fingerprint density at radius 3 is 2.44 bits per heavy atom. The molecule has 3 fully saturated rings. The third-order valence-corrected chi connectivity index (χ3v) is 7.81. The van der Waals surface area contributed by atoms with Crippen molar-refractivity contribution >= 4 is 34.9 Å². The molecule has 6 atom stereocenters. The van der Waals surface area contributed by atoms with Gasteiger partial charge in [0.25, 0.3) is 11.8 Å². The van der Waals surface area contributed by atoms with Gasteiger partial charge in [-0.15, -0.1) is 0 Å². The van der Waals surface area contributed by atoms with E-state index in [0.29, 0.717) is 18.4 Å². The second kappa shape index (κ2) is 6.89. The fourth-order valence-electron chi connectivity index (χ4n) is 6.33. The maximum atomic E-state index is 13.2. The molecule has 0 N–H and O–H groups in total. The Bertz CT molecular complexity index is 1190. The van der Waals surface area contributed by atoms with Crippen LogP contribution in [0.25, 0.3) is 10.9 Å². The molecule has 1 aliphatic heterocycles. The second-order valence-corrected chi connectivity index (χ2v) is 9.29. The summed E-state index contributed by atoms with van der Waals surface area (Å²) in [5.41, 5.74) is 2.52. The number of hydrazone groups is 1. The fourth-order valence-corrected chi connectivity index (χ4v) is 6.33. The van der Waals surface area contributed by atoms with Gasteiger partial charge >= 0.3 is 5.97 Å². The lowest BCUT2D eigenvalue weighted by Gasteiger charge is -2.37. The van der Waals surface area contributed by atoms with Gasteiger partial charge in [0, 0.05) is 22.2 Å². The SMILES string of the molecule is CCOC(=O)Cn1c(C)c(/C=N\N2C(=O)[C@@H]3[C@H]4C=C[C@@H]([C@@H]5C[C@H]45)[C@H]3C2=O)c2ccccc21. The Balaban J connectivity index is 1.34. The standard InChI is InChI=1S/C25H25N3O4/c1-3-32-21(29)12-27-13(2)19(14-6-4-5-7-20(14)27)11-26-28-24(30)22-15-8-9-16(18-10-17(15)18)23(22)25(28)31/h4-9,11,15-18,22-23H,3,10,12H2,1-2H3/b26-11-/t15-,16-,17-,18+,22+,23+/m0/s1. The number of carbonyl (C=O) groups is 3. The van der Waals surface area contributed by atoms with Crippen LogP contribution in [0.2, 0.25) is 0 Å². The summed E-state index contributed by atoms with van der Waals surface area (Å²) in [6.45, 7) is 4.11. The molecule has 7 heteroatoms. The maximum Gasteiger partial charge on any atom is 0.325 e. The molecule has 5 aliphatic rings. The molecular weight excluding hydrogens is 406 g/mol. The molecule has 7 nitrogen and oxygen atoms in total. The average molecular weight is 431 g/mol. The maximum absolute atomic E-state index is 13.2. The Hall–Kier alpha value is -3.22. The molecule has 1 aromatic heterocycles. The van der Waals surface area contributed by atoms with E-state index < -0.39 is 0 Å². The van der Waals surface area contributed by atoms with Crippen molar-refractivity contribution < 1.29 is 19.1 Å². The van der Waals surface area contributed by atoms with Gasteiger partial charge < -0.3 is 9.30 Å². The largest absolute Gasteiger partial charge is 0.465 e. The lowest BCUT2D eigenvalue weighted by Crippen LogP contribution is -2.40. The van der Waals surface area contributed by atoms with E-state index >= 15 is 0 Å². The lowest BCUT2D eigenvalue weighted by atomic mass is 9.63. The summed E-state index contributed by atoms with van der Waals surface area (Å²) in [6.07, 6.45) is 7.05. The van der Waals surface area contributed by atoms with Gasteiger partial charge in [-0.1, -0.05) is 30.4 Å². The van der Waals surface area contributed by atoms with Gasteiger partial charge in [-0.3, -0.25) is 14.4 Å². The van der Waals surface area contributed by atoms with Crippen LogP contribution in [0.3, 0.4) is 0 Å². The number of amides is 2. The zero-order valence-electron chi connectivity index (χ0n) is 18.1. The third kappa shape index (κ3) is 2.60. The number of esters is 1. The summed E-state index contributed by atoms with van der Waals surface area (Å²) in [7, 11) is 0. The van der Waals surface area contributed by atoms with Crippen LogP contribution in [-0.4, -0.2) is 40.2 Å². The molecule has 0 radical (unpaired) electrons. The van der Waals surface area contributed by atoms with E-state index in [2.05, 4.69) is 17.3 Å². The van der Waals surface area contributed by atoms with Gasteiger partial charge in [0.1, 0.15) is 6.54 Å². The number of nitrogens with zero attached hydrogens (tertiary/aromatic N) is 3. The van der Waals surface area contributed by atoms with Crippen molar-refractivity contribution in [3.8, 4) is 0 Å². The first kappa shape index (κ1) is 19.5. The molecular formula is C25H25N3O4. The molecule has 2 aromatic rings. The van der Waals surface area contributed by atoms with Gasteiger partial charge in [-0.2, -0.15) is 10.1 Å². The molecule has 1 aromatic carbocycles.